The van der Waals surface area contributed by atoms with Crippen molar-refractivity contribution in [2.75, 3.05) is 6.54 Å². The van der Waals surface area contributed by atoms with Gasteiger partial charge in [0.25, 0.3) is 5.91 Å². The number of hydrogen-bond acceptors (Lipinski definition) is 4. The van der Waals surface area contributed by atoms with Gasteiger partial charge in [-0.05, 0) is 24.5 Å². The summed E-state index contributed by atoms with van der Waals surface area (Å²) < 4.78 is 2.17. The molecule has 6 heteroatoms. The minimum absolute atomic E-state index is 0.0496. The molecule has 1 aliphatic heterocycles. The number of fused-ring (bicyclic) bond motifs is 1. The van der Waals surface area contributed by atoms with Crippen LogP contribution in [0, 0.1) is 0 Å². The van der Waals surface area contributed by atoms with Gasteiger partial charge in [0.1, 0.15) is 5.82 Å². The second kappa shape index (κ2) is 5.99. The molecule has 0 fully saturated rings. The lowest BCUT2D eigenvalue weighted by Gasteiger charge is -2.33. The first-order valence-corrected chi connectivity index (χ1v) is 9.36. The molecule has 2 aromatic heterocycles. The molecule has 1 aliphatic rings. The summed E-state index contributed by atoms with van der Waals surface area (Å²) >= 11 is 1.60. The zero-order chi connectivity index (χ0) is 17.6. The van der Waals surface area contributed by atoms with E-state index in [2.05, 4.69) is 55.4 Å². The van der Waals surface area contributed by atoms with Gasteiger partial charge in [0.05, 0.1) is 10.9 Å². The summed E-state index contributed by atoms with van der Waals surface area (Å²) in [7, 11) is 0. The van der Waals surface area contributed by atoms with Crippen molar-refractivity contribution in [1.82, 2.24) is 19.7 Å². The zero-order valence-electron chi connectivity index (χ0n) is 15.3. The quantitative estimate of drug-likeness (QED) is 0.826. The Morgan fingerprint density at radius 2 is 1.96 bits per heavy atom. The van der Waals surface area contributed by atoms with E-state index in [0.29, 0.717) is 12.5 Å². The fourth-order valence-corrected chi connectivity index (χ4v) is 4.13. The van der Waals surface area contributed by atoms with Crippen LogP contribution in [-0.2, 0) is 12.0 Å². The molecule has 24 heavy (non-hydrogen) atoms. The van der Waals surface area contributed by atoms with Gasteiger partial charge in [-0.1, -0.05) is 34.6 Å². The minimum Gasteiger partial charge on any atom is -0.326 e. The van der Waals surface area contributed by atoms with Gasteiger partial charge in [0.15, 0.2) is 5.82 Å². The number of aromatic nitrogens is 3. The summed E-state index contributed by atoms with van der Waals surface area (Å²) in [5.74, 6) is 2.34. The van der Waals surface area contributed by atoms with Crippen LogP contribution in [0.25, 0.3) is 0 Å². The molecule has 0 spiro atoms. The first-order valence-electron chi connectivity index (χ1n) is 8.54. The molecule has 130 valence electrons. The van der Waals surface area contributed by atoms with E-state index in [1.54, 1.807) is 11.3 Å². The lowest BCUT2D eigenvalue weighted by Crippen LogP contribution is -2.41. The van der Waals surface area contributed by atoms with Crippen LogP contribution in [0.1, 0.15) is 79.7 Å². The van der Waals surface area contributed by atoms with E-state index in [0.717, 1.165) is 23.1 Å². The first-order chi connectivity index (χ1) is 11.2. The van der Waals surface area contributed by atoms with Crippen LogP contribution in [0.4, 0.5) is 0 Å². The predicted molar refractivity (Wildman–Crippen MR) is 96.6 cm³/mol. The molecular formula is C18H26N4OS. The van der Waals surface area contributed by atoms with Gasteiger partial charge in [-0.25, -0.2) is 0 Å². The Hall–Kier alpha value is -1.69. The monoisotopic (exact) mass is 346 g/mol. The zero-order valence-corrected chi connectivity index (χ0v) is 16.1. The summed E-state index contributed by atoms with van der Waals surface area (Å²) in [5.41, 5.74) is 0.0725. The molecule has 5 nitrogen and oxygen atoms in total. The summed E-state index contributed by atoms with van der Waals surface area (Å²) in [4.78, 5) is 16.9. The SMILES string of the molecule is CC(C)c1nnc2n1CCN(C(=O)c1ccc(C(C)(C)C)s1)C2C. The fourth-order valence-electron chi connectivity index (χ4n) is 3.11. The molecule has 1 atom stereocenters. The highest BCUT2D eigenvalue weighted by molar-refractivity contribution is 7.14. The number of carbonyl (C=O) groups excluding carboxylic acids is 1. The average Bonchev–Trinajstić information content (AvgIpc) is 3.14. The number of rotatable bonds is 2. The highest BCUT2D eigenvalue weighted by Crippen LogP contribution is 2.33. The lowest BCUT2D eigenvalue weighted by atomic mass is 9.95. The van der Waals surface area contributed by atoms with Gasteiger partial charge in [0, 0.05) is 23.9 Å². The van der Waals surface area contributed by atoms with Crippen molar-refractivity contribution in [2.45, 2.75) is 65.5 Å². The Bertz CT molecular complexity index is 753. The van der Waals surface area contributed by atoms with Crippen LogP contribution in [0.15, 0.2) is 12.1 Å². The molecule has 3 rings (SSSR count). The molecule has 0 aliphatic carbocycles. The summed E-state index contributed by atoms with van der Waals surface area (Å²) in [5, 5.41) is 8.68. The third-order valence-electron chi connectivity index (χ3n) is 4.55. The van der Waals surface area contributed by atoms with Crippen molar-refractivity contribution in [3.05, 3.63) is 33.5 Å². The van der Waals surface area contributed by atoms with E-state index in [-0.39, 0.29) is 17.4 Å². The minimum atomic E-state index is -0.0496. The highest BCUT2D eigenvalue weighted by atomic mass is 32.1. The second-order valence-electron chi connectivity index (χ2n) is 7.81. The van der Waals surface area contributed by atoms with Crippen LogP contribution >= 0.6 is 11.3 Å². The number of hydrogen-bond donors (Lipinski definition) is 0. The first kappa shape index (κ1) is 17.1. The highest BCUT2D eigenvalue weighted by Gasteiger charge is 2.33. The normalized spacial score (nSPS) is 18.1. The van der Waals surface area contributed by atoms with Gasteiger partial charge in [0.2, 0.25) is 0 Å². The topological polar surface area (TPSA) is 51.0 Å². The Kier molecular flexibility index (Phi) is 4.28. The van der Waals surface area contributed by atoms with Crippen molar-refractivity contribution in [1.29, 1.82) is 0 Å². The van der Waals surface area contributed by atoms with E-state index < -0.39 is 0 Å². The number of amides is 1. The maximum absolute atomic E-state index is 13.0. The summed E-state index contributed by atoms with van der Waals surface area (Å²) in [6.07, 6.45) is 0. The van der Waals surface area contributed by atoms with Crippen LogP contribution in [-0.4, -0.2) is 32.1 Å². The lowest BCUT2D eigenvalue weighted by molar-refractivity contribution is 0.0641. The maximum atomic E-state index is 13.0. The number of nitrogens with zero attached hydrogens (tertiary/aromatic N) is 4. The molecule has 0 aromatic carbocycles. The molecule has 0 bridgehead atoms. The van der Waals surface area contributed by atoms with E-state index in [4.69, 9.17) is 0 Å². The van der Waals surface area contributed by atoms with Crippen molar-refractivity contribution >= 4 is 17.2 Å². The standard InChI is InChI=1S/C18H26N4OS/c1-11(2)15-19-20-16-12(3)21(9-10-22(15)16)17(23)13-7-8-14(24-13)18(4,5)6/h7-8,11-12H,9-10H2,1-6H3. The molecule has 1 amide bonds. The summed E-state index contributed by atoms with van der Waals surface area (Å²) in [6.45, 7) is 14.3. The smallest absolute Gasteiger partial charge is 0.264 e. The molecule has 3 heterocycles. The van der Waals surface area contributed by atoms with Crippen LogP contribution in [0.5, 0.6) is 0 Å². The van der Waals surface area contributed by atoms with Gasteiger partial charge < -0.3 is 9.47 Å². The molecule has 1 unspecified atom stereocenters. The van der Waals surface area contributed by atoms with Crippen LogP contribution in [0.2, 0.25) is 0 Å². The van der Waals surface area contributed by atoms with E-state index in [9.17, 15) is 4.79 Å². The molecular weight excluding hydrogens is 320 g/mol. The Labute approximate surface area is 147 Å². The van der Waals surface area contributed by atoms with Gasteiger partial charge >= 0.3 is 0 Å². The number of carbonyl (C=O) groups is 1. The van der Waals surface area contributed by atoms with Crippen molar-refractivity contribution < 1.29 is 4.79 Å². The van der Waals surface area contributed by atoms with E-state index in [1.807, 2.05) is 17.9 Å². The Morgan fingerprint density at radius 3 is 2.54 bits per heavy atom. The average molecular weight is 347 g/mol. The van der Waals surface area contributed by atoms with Gasteiger partial charge in [-0.3, -0.25) is 4.79 Å². The molecule has 2 aromatic rings. The number of thiophene rings is 1. The molecule has 0 radical (unpaired) electrons. The Morgan fingerprint density at radius 1 is 1.25 bits per heavy atom. The van der Waals surface area contributed by atoms with Crippen LogP contribution in [0.3, 0.4) is 0 Å². The fraction of sp³-hybridized carbons (Fsp3) is 0.611. The van der Waals surface area contributed by atoms with E-state index >= 15 is 0 Å². The maximum Gasteiger partial charge on any atom is 0.264 e. The molecule has 0 saturated heterocycles. The molecule has 0 saturated carbocycles. The third kappa shape index (κ3) is 2.88. The summed E-state index contributed by atoms with van der Waals surface area (Å²) in [6, 6.07) is 3.98. The van der Waals surface area contributed by atoms with Gasteiger partial charge in [-0.15, -0.1) is 21.5 Å². The Balaban J connectivity index is 1.85. The van der Waals surface area contributed by atoms with Crippen molar-refractivity contribution in [3.8, 4) is 0 Å². The second-order valence-corrected chi connectivity index (χ2v) is 8.89. The molecule has 0 N–H and O–H groups in total. The van der Waals surface area contributed by atoms with Gasteiger partial charge in [-0.2, -0.15) is 0 Å². The van der Waals surface area contributed by atoms with E-state index in [1.165, 1.54) is 4.88 Å². The van der Waals surface area contributed by atoms with Crippen molar-refractivity contribution in [2.24, 2.45) is 0 Å². The predicted octanol–water partition coefficient (Wildman–Crippen LogP) is 3.98. The van der Waals surface area contributed by atoms with Crippen molar-refractivity contribution in [3.63, 3.8) is 0 Å². The largest absolute Gasteiger partial charge is 0.326 e. The third-order valence-corrected chi connectivity index (χ3v) is 6.05. The van der Waals surface area contributed by atoms with Crippen LogP contribution < -0.4 is 0 Å².